The van der Waals surface area contributed by atoms with Crippen molar-refractivity contribution < 1.29 is 9.47 Å². The van der Waals surface area contributed by atoms with Crippen molar-refractivity contribution in [2.24, 2.45) is 0 Å². The van der Waals surface area contributed by atoms with Gasteiger partial charge >= 0.3 is 0 Å². The summed E-state index contributed by atoms with van der Waals surface area (Å²) < 4.78 is 12.8. The minimum atomic E-state index is 0.406. The van der Waals surface area contributed by atoms with Crippen LogP contribution >= 0.6 is 0 Å². The molecule has 5 nitrogen and oxygen atoms in total. The number of hydrogen-bond acceptors (Lipinski definition) is 4. The molecule has 2 aliphatic rings. The Morgan fingerprint density at radius 3 is 3.13 bits per heavy atom. The van der Waals surface area contributed by atoms with E-state index in [2.05, 4.69) is 10.00 Å². The van der Waals surface area contributed by atoms with E-state index in [9.17, 15) is 0 Å². The zero-order valence-electron chi connectivity index (χ0n) is 8.80. The third-order valence-electron chi connectivity index (χ3n) is 3.21. The number of hydrogen-bond donors (Lipinski definition) is 0. The van der Waals surface area contributed by atoms with Gasteiger partial charge in [-0.1, -0.05) is 0 Å². The van der Waals surface area contributed by atoms with E-state index in [4.69, 9.17) is 9.47 Å². The number of likely N-dealkylation sites (tertiary alicyclic amines) is 1. The van der Waals surface area contributed by atoms with Crippen LogP contribution in [0.4, 0.5) is 0 Å². The van der Waals surface area contributed by atoms with Gasteiger partial charge < -0.3 is 9.47 Å². The summed E-state index contributed by atoms with van der Waals surface area (Å²) >= 11 is 0. The lowest BCUT2D eigenvalue weighted by Gasteiger charge is -2.44. The topological polar surface area (TPSA) is 39.5 Å². The van der Waals surface area contributed by atoms with E-state index in [0.717, 1.165) is 32.1 Å². The molecule has 0 saturated carbocycles. The van der Waals surface area contributed by atoms with Crippen LogP contribution < -0.4 is 4.74 Å². The van der Waals surface area contributed by atoms with Crippen LogP contribution in [0.25, 0.3) is 0 Å². The zero-order chi connectivity index (χ0) is 10.3. The number of methoxy groups -OCH3 is 1. The van der Waals surface area contributed by atoms with Crippen molar-refractivity contribution in [2.45, 2.75) is 18.7 Å². The molecule has 0 amide bonds. The van der Waals surface area contributed by atoms with Gasteiger partial charge in [-0.3, -0.25) is 4.90 Å². The van der Waals surface area contributed by atoms with Gasteiger partial charge in [0.25, 0.3) is 0 Å². The first kappa shape index (κ1) is 9.18. The van der Waals surface area contributed by atoms with E-state index in [1.807, 2.05) is 10.7 Å². The maximum Gasteiger partial charge on any atom is 0.211 e. The maximum absolute atomic E-state index is 5.62. The first-order valence-electron chi connectivity index (χ1n) is 5.28. The van der Waals surface area contributed by atoms with Crippen LogP contribution in [-0.4, -0.2) is 53.6 Å². The molecular weight excluding hydrogens is 194 g/mol. The van der Waals surface area contributed by atoms with Crippen LogP contribution in [0.3, 0.4) is 0 Å². The third-order valence-corrected chi connectivity index (χ3v) is 3.21. The number of ether oxygens (including phenoxy) is 2. The molecule has 0 aliphatic carbocycles. The Morgan fingerprint density at radius 1 is 1.47 bits per heavy atom. The summed E-state index contributed by atoms with van der Waals surface area (Å²) in [5.41, 5.74) is 0. The highest BCUT2D eigenvalue weighted by Gasteiger charge is 2.34. The number of fused-ring (bicyclic) bond motifs is 1. The lowest BCUT2D eigenvalue weighted by molar-refractivity contribution is -0.0683. The molecule has 0 aromatic carbocycles. The van der Waals surface area contributed by atoms with E-state index < -0.39 is 0 Å². The minimum Gasteiger partial charge on any atom is -0.476 e. The van der Waals surface area contributed by atoms with Gasteiger partial charge in [-0.05, 0) is 0 Å². The Kier molecular flexibility index (Phi) is 2.14. The van der Waals surface area contributed by atoms with Gasteiger partial charge in [-0.15, -0.1) is 0 Å². The summed E-state index contributed by atoms with van der Waals surface area (Å²) in [4.78, 5) is 2.39. The van der Waals surface area contributed by atoms with Crippen molar-refractivity contribution >= 4 is 0 Å². The smallest absolute Gasteiger partial charge is 0.211 e. The van der Waals surface area contributed by atoms with E-state index >= 15 is 0 Å². The highest BCUT2D eigenvalue weighted by atomic mass is 16.5. The zero-order valence-corrected chi connectivity index (χ0v) is 8.80. The molecule has 0 N–H and O–H groups in total. The van der Waals surface area contributed by atoms with Crippen molar-refractivity contribution in [3.8, 4) is 5.88 Å². The second kappa shape index (κ2) is 3.50. The van der Waals surface area contributed by atoms with E-state index in [1.165, 1.54) is 0 Å². The van der Waals surface area contributed by atoms with Crippen molar-refractivity contribution in [1.82, 2.24) is 14.7 Å². The average Bonchev–Trinajstić information content (AvgIpc) is 2.63. The summed E-state index contributed by atoms with van der Waals surface area (Å²) in [5, 5.41) is 4.22. The van der Waals surface area contributed by atoms with Crippen LogP contribution in [0.15, 0.2) is 12.3 Å². The fourth-order valence-electron chi connectivity index (χ4n) is 2.15. The fraction of sp³-hybridized carbons (Fsp3) is 0.700. The molecule has 1 aromatic heterocycles. The number of nitrogens with zero attached hydrogens (tertiary/aromatic N) is 3. The SMILES string of the molecule is COC1CN([C@@H]2COc3ccnn3C2)C1. The molecular formula is C10H15N3O2. The quantitative estimate of drug-likeness (QED) is 0.686. The van der Waals surface area contributed by atoms with Crippen molar-refractivity contribution in [1.29, 1.82) is 0 Å². The predicted molar refractivity (Wildman–Crippen MR) is 53.9 cm³/mol. The molecule has 1 atom stereocenters. The second-order valence-corrected chi connectivity index (χ2v) is 4.13. The molecule has 2 aliphatic heterocycles. The standard InChI is InChI=1S/C10H15N3O2/c1-14-9-5-12(6-9)8-4-13-10(15-7-8)2-3-11-13/h2-3,8-9H,4-7H2,1H3/t8-/m0/s1. The molecule has 0 radical (unpaired) electrons. The van der Waals surface area contributed by atoms with Gasteiger partial charge in [0.2, 0.25) is 5.88 Å². The molecule has 1 fully saturated rings. The van der Waals surface area contributed by atoms with Crippen molar-refractivity contribution in [3.63, 3.8) is 0 Å². The highest BCUT2D eigenvalue weighted by molar-refractivity contribution is 5.10. The predicted octanol–water partition coefficient (Wildman–Crippen LogP) is -0.0253. The van der Waals surface area contributed by atoms with Crippen LogP contribution in [0.1, 0.15) is 0 Å². The summed E-state index contributed by atoms with van der Waals surface area (Å²) in [6.45, 7) is 3.73. The minimum absolute atomic E-state index is 0.406. The molecule has 0 spiro atoms. The Bertz CT molecular complexity index is 346. The molecule has 0 unspecified atom stereocenters. The van der Waals surface area contributed by atoms with Crippen LogP contribution in [0.2, 0.25) is 0 Å². The van der Waals surface area contributed by atoms with Gasteiger partial charge in [-0.2, -0.15) is 5.10 Å². The number of aromatic nitrogens is 2. The van der Waals surface area contributed by atoms with Gasteiger partial charge in [0.1, 0.15) is 6.61 Å². The largest absolute Gasteiger partial charge is 0.476 e. The van der Waals surface area contributed by atoms with Gasteiger partial charge in [-0.25, -0.2) is 4.68 Å². The first-order valence-corrected chi connectivity index (χ1v) is 5.28. The molecule has 15 heavy (non-hydrogen) atoms. The molecule has 0 bridgehead atoms. The summed E-state index contributed by atoms with van der Waals surface area (Å²) in [6.07, 6.45) is 2.19. The summed E-state index contributed by atoms with van der Waals surface area (Å²) in [5.74, 6) is 0.884. The van der Waals surface area contributed by atoms with Gasteiger partial charge in [0.15, 0.2) is 0 Å². The summed E-state index contributed by atoms with van der Waals surface area (Å²) in [7, 11) is 1.77. The average molecular weight is 209 g/mol. The number of rotatable bonds is 2. The Balaban J connectivity index is 1.62. The second-order valence-electron chi connectivity index (χ2n) is 4.13. The fourth-order valence-corrected chi connectivity index (χ4v) is 2.15. The maximum atomic E-state index is 5.62. The van der Waals surface area contributed by atoms with Crippen LogP contribution in [0, 0.1) is 0 Å². The van der Waals surface area contributed by atoms with Crippen LogP contribution in [0.5, 0.6) is 5.88 Å². The summed E-state index contributed by atoms with van der Waals surface area (Å²) in [6, 6.07) is 2.35. The Labute approximate surface area is 88.6 Å². The third kappa shape index (κ3) is 1.52. The lowest BCUT2D eigenvalue weighted by atomic mass is 10.1. The normalized spacial score (nSPS) is 26.9. The van der Waals surface area contributed by atoms with Crippen molar-refractivity contribution in [3.05, 3.63) is 12.3 Å². The molecule has 5 heteroatoms. The molecule has 3 rings (SSSR count). The molecule has 82 valence electrons. The Morgan fingerprint density at radius 2 is 2.33 bits per heavy atom. The van der Waals surface area contributed by atoms with Crippen LogP contribution in [-0.2, 0) is 11.3 Å². The highest BCUT2D eigenvalue weighted by Crippen LogP contribution is 2.22. The van der Waals surface area contributed by atoms with E-state index in [0.29, 0.717) is 12.1 Å². The van der Waals surface area contributed by atoms with Gasteiger partial charge in [0.05, 0.1) is 24.9 Å². The van der Waals surface area contributed by atoms with E-state index in [1.54, 1.807) is 13.3 Å². The molecule has 1 aromatic rings. The van der Waals surface area contributed by atoms with Gasteiger partial charge in [0, 0.05) is 26.3 Å². The van der Waals surface area contributed by atoms with Crippen molar-refractivity contribution in [2.75, 3.05) is 26.8 Å². The molecule has 1 saturated heterocycles. The van der Waals surface area contributed by atoms with E-state index in [-0.39, 0.29) is 0 Å². The Hall–Kier alpha value is -1.07. The first-order chi connectivity index (χ1) is 7.36. The monoisotopic (exact) mass is 209 g/mol. The molecule has 3 heterocycles. The lowest BCUT2D eigenvalue weighted by Crippen LogP contribution is -2.59.